The number of halogens is 2. The Bertz CT molecular complexity index is 309. The first-order valence-electron chi connectivity index (χ1n) is 4.60. The zero-order valence-corrected chi connectivity index (χ0v) is 10.5. The number of nitrogens with two attached hydrogens (primary N) is 1. The number of ether oxygens (including phenoxy) is 1. The molecule has 1 rings (SSSR count). The highest BCUT2D eigenvalue weighted by Gasteiger charge is 2.04. The molecule has 0 spiro atoms. The van der Waals surface area contributed by atoms with Crippen LogP contribution in [0.15, 0.2) is 18.2 Å². The molecule has 0 unspecified atom stereocenters. The summed E-state index contributed by atoms with van der Waals surface area (Å²) in [5.41, 5.74) is 5.37. The van der Waals surface area contributed by atoms with Gasteiger partial charge >= 0.3 is 0 Å². The van der Waals surface area contributed by atoms with Crippen LogP contribution in [0.2, 0.25) is 10.0 Å². The zero-order valence-electron chi connectivity index (χ0n) is 8.21. The van der Waals surface area contributed by atoms with E-state index in [0.29, 0.717) is 28.9 Å². The van der Waals surface area contributed by atoms with Crippen molar-refractivity contribution in [2.45, 2.75) is 0 Å². The maximum atomic E-state index is 5.95. The zero-order chi connectivity index (χ0) is 11.1. The van der Waals surface area contributed by atoms with Gasteiger partial charge in [-0.25, -0.2) is 0 Å². The van der Waals surface area contributed by atoms with Crippen molar-refractivity contribution in [1.82, 2.24) is 0 Å². The maximum Gasteiger partial charge on any atom is 0.139 e. The van der Waals surface area contributed by atoms with Crippen LogP contribution in [-0.4, -0.2) is 24.7 Å². The Kier molecular flexibility index (Phi) is 6.25. The fraction of sp³-hybridized carbons (Fsp3) is 0.400. The van der Waals surface area contributed by atoms with E-state index in [1.807, 2.05) is 12.1 Å². The summed E-state index contributed by atoms with van der Waals surface area (Å²) in [6, 6.07) is 5.36. The lowest BCUT2D eigenvalue weighted by Gasteiger charge is -2.08. The van der Waals surface area contributed by atoms with Crippen LogP contribution in [-0.2, 0) is 0 Å². The molecule has 0 amide bonds. The topological polar surface area (TPSA) is 35.2 Å². The summed E-state index contributed by atoms with van der Waals surface area (Å²) in [7, 11) is 0. The highest BCUT2D eigenvalue weighted by atomic mass is 35.5. The Balaban J connectivity index is 2.34. The van der Waals surface area contributed by atoms with Gasteiger partial charge in [0.15, 0.2) is 0 Å². The number of benzene rings is 1. The van der Waals surface area contributed by atoms with Gasteiger partial charge in [-0.3, -0.25) is 0 Å². The van der Waals surface area contributed by atoms with Crippen LogP contribution in [0, 0.1) is 0 Å². The lowest BCUT2D eigenvalue weighted by Crippen LogP contribution is -2.05. The first-order valence-corrected chi connectivity index (χ1v) is 6.51. The van der Waals surface area contributed by atoms with E-state index in [1.165, 1.54) is 0 Å². The van der Waals surface area contributed by atoms with Gasteiger partial charge in [0.2, 0.25) is 0 Å². The Morgan fingerprint density at radius 2 is 2.07 bits per heavy atom. The smallest absolute Gasteiger partial charge is 0.139 e. The van der Waals surface area contributed by atoms with E-state index in [1.54, 1.807) is 17.8 Å². The fourth-order valence-electron chi connectivity index (χ4n) is 0.991. The monoisotopic (exact) mass is 265 g/mol. The maximum absolute atomic E-state index is 5.95. The quantitative estimate of drug-likeness (QED) is 0.804. The number of thioether (sulfide) groups is 1. The van der Waals surface area contributed by atoms with Gasteiger partial charge in [0.1, 0.15) is 10.8 Å². The van der Waals surface area contributed by atoms with Gasteiger partial charge in [-0.15, -0.1) is 0 Å². The molecule has 1 aromatic rings. The first-order chi connectivity index (χ1) is 7.25. The third-order valence-corrected chi connectivity index (χ3v) is 3.44. The molecule has 1 aromatic carbocycles. The summed E-state index contributed by atoms with van der Waals surface area (Å²) in [5, 5.41) is 0.992. The van der Waals surface area contributed by atoms with Crippen molar-refractivity contribution >= 4 is 35.0 Å². The SMILES string of the molecule is NCCSCCOc1cccc(Cl)c1Cl. The average molecular weight is 266 g/mol. The molecular weight excluding hydrogens is 253 g/mol. The number of hydrogen-bond acceptors (Lipinski definition) is 3. The van der Waals surface area contributed by atoms with Gasteiger partial charge in [0.25, 0.3) is 0 Å². The number of hydrogen-bond donors (Lipinski definition) is 1. The molecule has 2 N–H and O–H groups in total. The second-order valence-corrected chi connectivity index (χ2v) is 4.81. The fourth-order valence-corrected chi connectivity index (χ4v) is 1.91. The summed E-state index contributed by atoms with van der Waals surface area (Å²) < 4.78 is 5.49. The van der Waals surface area contributed by atoms with Gasteiger partial charge < -0.3 is 10.5 Å². The molecule has 0 aliphatic rings. The third-order valence-electron chi connectivity index (χ3n) is 1.66. The van der Waals surface area contributed by atoms with Crippen LogP contribution in [0.1, 0.15) is 0 Å². The molecule has 0 aliphatic heterocycles. The van der Waals surface area contributed by atoms with Crippen molar-refractivity contribution in [1.29, 1.82) is 0 Å². The number of rotatable bonds is 6. The molecule has 84 valence electrons. The Labute approximate surface area is 104 Å². The molecule has 0 saturated heterocycles. The lowest BCUT2D eigenvalue weighted by atomic mass is 10.3. The summed E-state index contributed by atoms with van der Waals surface area (Å²) in [6.07, 6.45) is 0. The van der Waals surface area contributed by atoms with Crippen molar-refractivity contribution in [3.05, 3.63) is 28.2 Å². The van der Waals surface area contributed by atoms with Crippen molar-refractivity contribution in [2.24, 2.45) is 5.73 Å². The molecule has 5 heteroatoms. The van der Waals surface area contributed by atoms with Gasteiger partial charge in [0.05, 0.1) is 11.6 Å². The second kappa shape index (κ2) is 7.23. The highest BCUT2D eigenvalue weighted by Crippen LogP contribution is 2.31. The molecule has 0 atom stereocenters. The average Bonchev–Trinajstić information content (AvgIpc) is 2.24. The minimum Gasteiger partial charge on any atom is -0.491 e. The van der Waals surface area contributed by atoms with Crippen LogP contribution in [0.25, 0.3) is 0 Å². The molecule has 0 saturated carbocycles. The first kappa shape index (κ1) is 13.0. The molecule has 15 heavy (non-hydrogen) atoms. The van der Waals surface area contributed by atoms with Crippen molar-refractivity contribution in [2.75, 3.05) is 24.7 Å². The molecule has 2 nitrogen and oxygen atoms in total. The van der Waals surface area contributed by atoms with E-state index in [4.69, 9.17) is 33.7 Å². The molecular formula is C10H13Cl2NOS. The molecule has 0 bridgehead atoms. The largest absolute Gasteiger partial charge is 0.491 e. The molecule has 0 aromatic heterocycles. The van der Waals surface area contributed by atoms with Crippen molar-refractivity contribution in [3.63, 3.8) is 0 Å². The van der Waals surface area contributed by atoms with Crippen LogP contribution >= 0.6 is 35.0 Å². The Hall–Kier alpha value is -0.0900. The lowest BCUT2D eigenvalue weighted by molar-refractivity contribution is 0.344. The van der Waals surface area contributed by atoms with Gasteiger partial charge in [-0.05, 0) is 12.1 Å². The second-order valence-electron chi connectivity index (χ2n) is 2.80. The van der Waals surface area contributed by atoms with Crippen molar-refractivity contribution in [3.8, 4) is 5.75 Å². The summed E-state index contributed by atoms with van der Waals surface area (Å²) in [6.45, 7) is 1.31. The highest BCUT2D eigenvalue weighted by molar-refractivity contribution is 7.99. The standard InChI is InChI=1S/C10H13Cl2NOS/c11-8-2-1-3-9(10(8)12)14-5-7-15-6-4-13/h1-3H,4-7,13H2. The minimum absolute atomic E-state index is 0.475. The normalized spacial score (nSPS) is 10.3. The summed E-state index contributed by atoms with van der Waals surface area (Å²) in [4.78, 5) is 0. The Morgan fingerprint density at radius 3 is 2.80 bits per heavy atom. The van der Waals surface area contributed by atoms with E-state index in [0.717, 1.165) is 11.5 Å². The molecule has 0 radical (unpaired) electrons. The van der Waals surface area contributed by atoms with Crippen molar-refractivity contribution < 1.29 is 4.74 Å². The van der Waals surface area contributed by atoms with E-state index in [9.17, 15) is 0 Å². The predicted octanol–water partition coefficient (Wildman–Crippen LogP) is 3.06. The van der Waals surface area contributed by atoms with Gasteiger partial charge in [0, 0.05) is 18.1 Å². The minimum atomic E-state index is 0.475. The molecule has 0 heterocycles. The molecule has 0 fully saturated rings. The summed E-state index contributed by atoms with van der Waals surface area (Å²) in [5.74, 6) is 2.49. The summed E-state index contributed by atoms with van der Waals surface area (Å²) >= 11 is 13.5. The van der Waals surface area contributed by atoms with E-state index in [2.05, 4.69) is 0 Å². The third kappa shape index (κ3) is 4.51. The molecule has 0 aliphatic carbocycles. The van der Waals surface area contributed by atoms with E-state index in [-0.39, 0.29) is 0 Å². The van der Waals surface area contributed by atoms with Crippen LogP contribution in [0.4, 0.5) is 0 Å². The van der Waals surface area contributed by atoms with E-state index >= 15 is 0 Å². The Morgan fingerprint density at radius 1 is 1.27 bits per heavy atom. The van der Waals surface area contributed by atoms with E-state index < -0.39 is 0 Å². The van der Waals surface area contributed by atoms with Gasteiger partial charge in [-0.1, -0.05) is 29.3 Å². The van der Waals surface area contributed by atoms with Crippen LogP contribution < -0.4 is 10.5 Å². The van der Waals surface area contributed by atoms with Crippen LogP contribution in [0.3, 0.4) is 0 Å². The van der Waals surface area contributed by atoms with Gasteiger partial charge in [-0.2, -0.15) is 11.8 Å². The van der Waals surface area contributed by atoms with Crippen LogP contribution in [0.5, 0.6) is 5.75 Å². The predicted molar refractivity (Wildman–Crippen MR) is 68.3 cm³/mol.